The van der Waals surface area contributed by atoms with Crippen molar-refractivity contribution < 1.29 is 9.90 Å². The average Bonchev–Trinajstić information content (AvgIpc) is 2.72. The van der Waals surface area contributed by atoms with Gasteiger partial charge in [-0.1, -0.05) is 13.8 Å². The van der Waals surface area contributed by atoms with Gasteiger partial charge in [-0.3, -0.25) is 9.89 Å². The Labute approximate surface area is 107 Å². The van der Waals surface area contributed by atoms with Crippen molar-refractivity contribution in [3.05, 3.63) is 11.4 Å². The van der Waals surface area contributed by atoms with E-state index in [1.807, 2.05) is 13.8 Å². The predicted octanol–water partition coefficient (Wildman–Crippen LogP) is 0.829. The highest BCUT2D eigenvalue weighted by molar-refractivity contribution is 5.97. The summed E-state index contributed by atoms with van der Waals surface area (Å²) in [5, 5.41) is 18.7. The number of aryl methyl sites for hydroxylation is 1. The van der Waals surface area contributed by atoms with Crippen LogP contribution in [0.1, 0.15) is 42.9 Å². The van der Waals surface area contributed by atoms with Crippen LogP contribution in [-0.4, -0.2) is 34.4 Å². The van der Waals surface area contributed by atoms with E-state index in [0.717, 1.165) is 12.8 Å². The van der Waals surface area contributed by atoms with Gasteiger partial charge in [0, 0.05) is 12.0 Å². The van der Waals surface area contributed by atoms with Crippen molar-refractivity contribution in [1.29, 1.82) is 0 Å². The first-order chi connectivity index (χ1) is 8.49. The number of nitrogen functional groups attached to an aromatic ring is 1. The number of amides is 1. The molecule has 0 saturated heterocycles. The lowest BCUT2D eigenvalue weighted by Gasteiger charge is -2.29. The summed E-state index contributed by atoms with van der Waals surface area (Å²) in [5.41, 5.74) is 6.73. The molecule has 0 bridgehead atoms. The fourth-order valence-electron chi connectivity index (χ4n) is 1.74. The number of aromatic nitrogens is 2. The molecule has 0 aromatic carbocycles. The number of aromatic amines is 1. The molecule has 0 spiro atoms. The largest absolute Gasteiger partial charge is 0.396 e. The molecular formula is C12H22N4O2. The van der Waals surface area contributed by atoms with Gasteiger partial charge in [0.2, 0.25) is 0 Å². The number of carbonyl (C=O) groups is 1. The van der Waals surface area contributed by atoms with E-state index in [4.69, 9.17) is 5.73 Å². The third-order valence-electron chi connectivity index (χ3n) is 3.67. The number of carbonyl (C=O) groups excluding carboxylic acids is 1. The van der Waals surface area contributed by atoms with E-state index in [9.17, 15) is 9.90 Å². The van der Waals surface area contributed by atoms with Gasteiger partial charge in [0.15, 0.2) is 5.69 Å². The number of nitrogens with zero attached hydrogens (tertiary/aromatic N) is 1. The summed E-state index contributed by atoms with van der Waals surface area (Å²) in [6, 6.07) is 0. The highest BCUT2D eigenvalue weighted by Crippen LogP contribution is 2.24. The Kier molecular flexibility index (Phi) is 4.72. The van der Waals surface area contributed by atoms with Crippen LogP contribution in [0.5, 0.6) is 0 Å². The van der Waals surface area contributed by atoms with Crippen molar-refractivity contribution >= 4 is 11.6 Å². The molecule has 5 N–H and O–H groups in total. The molecule has 0 fully saturated rings. The molecule has 0 aliphatic carbocycles. The van der Waals surface area contributed by atoms with E-state index in [0.29, 0.717) is 17.9 Å². The molecule has 1 heterocycles. The van der Waals surface area contributed by atoms with E-state index >= 15 is 0 Å². The van der Waals surface area contributed by atoms with Gasteiger partial charge in [-0.05, 0) is 19.8 Å². The SMILES string of the molecule is CCC(CC)(CO)CNC(=O)c1n[nH]c(C)c1N. The van der Waals surface area contributed by atoms with E-state index < -0.39 is 0 Å². The molecule has 6 nitrogen and oxygen atoms in total. The van der Waals surface area contributed by atoms with Crippen LogP contribution in [0.3, 0.4) is 0 Å². The van der Waals surface area contributed by atoms with Gasteiger partial charge >= 0.3 is 0 Å². The van der Waals surface area contributed by atoms with E-state index in [1.165, 1.54) is 0 Å². The number of aliphatic hydroxyl groups is 1. The zero-order valence-corrected chi connectivity index (χ0v) is 11.2. The number of anilines is 1. The van der Waals surface area contributed by atoms with Crippen LogP contribution in [-0.2, 0) is 0 Å². The molecule has 1 amide bonds. The fourth-order valence-corrected chi connectivity index (χ4v) is 1.74. The molecule has 6 heteroatoms. The highest BCUT2D eigenvalue weighted by Gasteiger charge is 2.26. The summed E-state index contributed by atoms with van der Waals surface area (Å²) < 4.78 is 0. The van der Waals surface area contributed by atoms with Crippen LogP contribution >= 0.6 is 0 Å². The van der Waals surface area contributed by atoms with E-state index in [-0.39, 0.29) is 23.6 Å². The van der Waals surface area contributed by atoms with E-state index in [1.54, 1.807) is 6.92 Å². The quantitative estimate of drug-likeness (QED) is 0.603. The third-order valence-corrected chi connectivity index (χ3v) is 3.67. The second-order valence-electron chi connectivity index (χ2n) is 4.66. The number of nitrogens with two attached hydrogens (primary N) is 1. The zero-order valence-electron chi connectivity index (χ0n) is 11.2. The smallest absolute Gasteiger partial charge is 0.273 e. The number of H-pyrrole nitrogens is 1. The van der Waals surface area contributed by atoms with Crippen LogP contribution in [0.25, 0.3) is 0 Å². The van der Waals surface area contributed by atoms with Gasteiger partial charge in [-0.25, -0.2) is 0 Å². The second-order valence-corrected chi connectivity index (χ2v) is 4.66. The van der Waals surface area contributed by atoms with Crippen LogP contribution in [0.15, 0.2) is 0 Å². The molecule has 1 aromatic rings. The van der Waals surface area contributed by atoms with E-state index in [2.05, 4.69) is 15.5 Å². The van der Waals surface area contributed by atoms with Crippen LogP contribution in [0.2, 0.25) is 0 Å². The Morgan fingerprint density at radius 1 is 1.50 bits per heavy atom. The molecule has 1 aromatic heterocycles. The minimum absolute atomic E-state index is 0.0509. The standard InChI is InChI=1S/C12H22N4O2/c1-4-12(5-2,7-17)6-14-11(18)10-9(13)8(3)15-16-10/h17H,4-7,13H2,1-3H3,(H,14,18)(H,15,16). The lowest BCUT2D eigenvalue weighted by molar-refractivity contribution is 0.0847. The maximum Gasteiger partial charge on any atom is 0.273 e. The molecule has 0 aliphatic heterocycles. The second kappa shape index (κ2) is 5.86. The third kappa shape index (κ3) is 2.81. The lowest BCUT2D eigenvalue weighted by atomic mass is 9.83. The van der Waals surface area contributed by atoms with Crippen molar-refractivity contribution in [2.45, 2.75) is 33.6 Å². The molecule has 18 heavy (non-hydrogen) atoms. The molecule has 1 rings (SSSR count). The minimum Gasteiger partial charge on any atom is -0.396 e. The normalized spacial score (nSPS) is 11.6. The highest BCUT2D eigenvalue weighted by atomic mass is 16.3. The Hall–Kier alpha value is -1.56. The van der Waals surface area contributed by atoms with Gasteiger partial charge < -0.3 is 16.2 Å². The van der Waals surface area contributed by atoms with Gasteiger partial charge in [0.1, 0.15) is 0 Å². The number of aliphatic hydroxyl groups excluding tert-OH is 1. The number of nitrogens with one attached hydrogen (secondary N) is 2. The van der Waals surface area contributed by atoms with Gasteiger partial charge in [0.05, 0.1) is 18.0 Å². The average molecular weight is 254 g/mol. The van der Waals surface area contributed by atoms with Crippen LogP contribution in [0, 0.1) is 12.3 Å². The molecular weight excluding hydrogens is 232 g/mol. The van der Waals surface area contributed by atoms with Gasteiger partial charge in [-0.15, -0.1) is 0 Å². The molecule has 102 valence electrons. The van der Waals surface area contributed by atoms with Gasteiger partial charge in [-0.2, -0.15) is 5.10 Å². The number of rotatable bonds is 6. The zero-order chi connectivity index (χ0) is 13.8. The molecule has 0 atom stereocenters. The Bertz CT molecular complexity index is 402. The van der Waals surface area contributed by atoms with Crippen LogP contribution < -0.4 is 11.1 Å². The Morgan fingerprint density at radius 2 is 2.11 bits per heavy atom. The first-order valence-electron chi connectivity index (χ1n) is 6.19. The monoisotopic (exact) mass is 254 g/mol. The summed E-state index contributed by atoms with van der Waals surface area (Å²) in [5.74, 6) is -0.309. The van der Waals surface area contributed by atoms with Crippen molar-refractivity contribution in [2.24, 2.45) is 5.41 Å². The Morgan fingerprint density at radius 3 is 2.50 bits per heavy atom. The van der Waals surface area contributed by atoms with Crippen molar-refractivity contribution in [3.8, 4) is 0 Å². The molecule has 0 saturated carbocycles. The first kappa shape index (κ1) is 14.5. The minimum atomic E-state index is -0.309. The summed E-state index contributed by atoms with van der Waals surface area (Å²) >= 11 is 0. The predicted molar refractivity (Wildman–Crippen MR) is 70.2 cm³/mol. The fraction of sp³-hybridized carbons (Fsp3) is 0.667. The van der Waals surface area contributed by atoms with Crippen molar-refractivity contribution in [2.75, 3.05) is 18.9 Å². The maximum atomic E-state index is 11.9. The molecule has 0 unspecified atom stereocenters. The summed E-state index contributed by atoms with van der Waals surface area (Å²) in [4.78, 5) is 11.9. The van der Waals surface area contributed by atoms with Crippen molar-refractivity contribution in [1.82, 2.24) is 15.5 Å². The van der Waals surface area contributed by atoms with Crippen LogP contribution in [0.4, 0.5) is 5.69 Å². The number of hydrogen-bond donors (Lipinski definition) is 4. The number of hydrogen-bond acceptors (Lipinski definition) is 4. The summed E-state index contributed by atoms with van der Waals surface area (Å²) in [7, 11) is 0. The van der Waals surface area contributed by atoms with Crippen molar-refractivity contribution in [3.63, 3.8) is 0 Å². The molecule has 0 radical (unpaired) electrons. The molecule has 0 aliphatic rings. The Balaban J connectivity index is 2.69. The summed E-state index contributed by atoms with van der Waals surface area (Å²) in [6.07, 6.45) is 1.60. The maximum absolute atomic E-state index is 11.9. The lowest BCUT2D eigenvalue weighted by Crippen LogP contribution is -2.39. The topological polar surface area (TPSA) is 104 Å². The first-order valence-corrected chi connectivity index (χ1v) is 6.19. The van der Waals surface area contributed by atoms with Gasteiger partial charge in [0.25, 0.3) is 5.91 Å². The summed E-state index contributed by atoms with van der Waals surface area (Å²) in [6.45, 7) is 6.23.